The molecule has 1 fully saturated rings. The summed E-state index contributed by atoms with van der Waals surface area (Å²) in [5.41, 5.74) is 4.90. The number of hydrogen-bond donors (Lipinski definition) is 1. The molecular weight excluding hydrogens is 428 g/mol. The van der Waals surface area contributed by atoms with E-state index in [9.17, 15) is 18.7 Å². The Labute approximate surface area is 189 Å². The Morgan fingerprint density at radius 3 is 2.70 bits per heavy atom. The third-order valence-electron chi connectivity index (χ3n) is 7.67. The van der Waals surface area contributed by atoms with Crippen LogP contribution in [0.5, 0.6) is 5.75 Å². The minimum absolute atomic E-state index is 0.0551. The van der Waals surface area contributed by atoms with E-state index in [1.807, 2.05) is 10.7 Å². The maximum atomic E-state index is 13.2. The van der Waals surface area contributed by atoms with Gasteiger partial charge in [-0.1, -0.05) is 6.07 Å². The number of halogens is 2. The molecule has 2 bridgehead atoms. The van der Waals surface area contributed by atoms with Crippen LogP contribution in [-0.4, -0.2) is 45.3 Å². The molecule has 1 saturated carbocycles. The number of amides is 1. The summed E-state index contributed by atoms with van der Waals surface area (Å²) >= 11 is 0. The fourth-order valence-electron chi connectivity index (χ4n) is 6.04. The standard InChI is InChI=1S/C25H25F2N3O3/c1-29-19-12-17(21-16(24(29)32)3-2-4-20(21)33-25(26)27)22-18-11-14(9-10-30(18)28-23(19)22)13-5-7-15(31)8-6-13/h2-4,9-11,13,15,17,19,25,31H,5-8,12H2,1H3/t13?,15?,17-,19-/m1/s1. The van der Waals surface area contributed by atoms with Crippen molar-refractivity contribution in [3.8, 4) is 5.75 Å². The van der Waals surface area contributed by atoms with E-state index in [0.29, 0.717) is 23.5 Å². The molecule has 6 nitrogen and oxygen atoms in total. The van der Waals surface area contributed by atoms with Gasteiger partial charge in [-0.05, 0) is 67.9 Å². The number of pyridine rings is 1. The van der Waals surface area contributed by atoms with Crippen molar-refractivity contribution in [3.05, 3.63) is 64.5 Å². The van der Waals surface area contributed by atoms with Crippen LogP contribution in [0.25, 0.3) is 5.52 Å². The second kappa shape index (κ2) is 7.52. The van der Waals surface area contributed by atoms with Crippen molar-refractivity contribution in [1.29, 1.82) is 0 Å². The maximum Gasteiger partial charge on any atom is 0.387 e. The molecule has 0 radical (unpaired) electrons. The number of aliphatic hydroxyl groups is 1. The molecule has 8 heteroatoms. The van der Waals surface area contributed by atoms with Crippen molar-refractivity contribution in [1.82, 2.24) is 14.5 Å². The summed E-state index contributed by atoms with van der Waals surface area (Å²) in [5.74, 6) is -0.0348. The van der Waals surface area contributed by atoms with Gasteiger partial charge in [0.1, 0.15) is 5.75 Å². The van der Waals surface area contributed by atoms with E-state index in [2.05, 4.69) is 12.1 Å². The van der Waals surface area contributed by atoms with Gasteiger partial charge in [-0.3, -0.25) is 4.79 Å². The molecule has 2 atom stereocenters. The lowest BCUT2D eigenvalue weighted by atomic mass is 9.82. The zero-order valence-corrected chi connectivity index (χ0v) is 18.2. The number of alkyl halides is 2. The minimum atomic E-state index is -2.97. The van der Waals surface area contributed by atoms with E-state index in [1.54, 1.807) is 24.1 Å². The molecule has 3 aliphatic rings. The molecule has 33 heavy (non-hydrogen) atoms. The molecule has 1 amide bonds. The fourth-order valence-corrected chi connectivity index (χ4v) is 6.04. The number of benzene rings is 1. The third kappa shape index (κ3) is 3.14. The van der Waals surface area contributed by atoms with Crippen molar-refractivity contribution in [2.75, 3.05) is 7.05 Å². The van der Waals surface area contributed by atoms with Crippen LogP contribution < -0.4 is 4.74 Å². The molecule has 1 N–H and O–H groups in total. The molecule has 0 spiro atoms. The highest BCUT2D eigenvalue weighted by Gasteiger charge is 2.46. The van der Waals surface area contributed by atoms with Crippen LogP contribution in [0.2, 0.25) is 0 Å². The van der Waals surface area contributed by atoms with Crippen LogP contribution in [0.4, 0.5) is 8.78 Å². The normalized spacial score (nSPS) is 26.5. The van der Waals surface area contributed by atoms with Gasteiger partial charge in [0.25, 0.3) is 5.91 Å². The second-order valence-electron chi connectivity index (χ2n) is 9.41. The molecule has 172 valence electrons. The zero-order valence-electron chi connectivity index (χ0n) is 18.2. The van der Waals surface area contributed by atoms with Crippen LogP contribution in [0.1, 0.15) is 82.7 Å². The van der Waals surface area contributed by atoms with Crippen molar-refractivity contribution in [2.45, 2.75) is 62.7 Å². The molecule has 1 aliphatic heterocycles. The van der Waals surface area contributed by atoms with Crippen LogP contribution in [0.3, 0.4) is 0 Å². The summed E-state index contributed by atoms with van der Waals surface area (Å²) in [6.07, 6.45) is 5.79. The fraction of sp³-hybridized carbons (Fsp3) is 0.440. The van der Waals surface area contributed by atoms with E-state index in [0.717, 1.165) is 42.5 Å². The Morgan fingerprint density at radius 2 is 1.94 bits per heavy atom. The quantitative estimate of drug-likeness (QED) is 0.629. The zero-order chi connectivity index (χ0) is 22.9. The highest BCUT2D eigenvalue weighted by Crippen LogP contribution is 2.53. The van der Waals surface area contributed by atoms with Crippen LogP contribution >= 0.6 is 0 Å². The number of carbonyl (C=O) groups excluding carboxylic acids is 1. The van der Waals surface area contributed by atoms with Gasteiger partial charge in [0, 0.05) is 35.9 Å². The molecule has 2 aliphatic carbocycles. The van der Waals surface area contributed by atoms with E-state index in [4.69, 9.17) is 9.84 Å². The lowest BCUT2D eigenvalue weighted by molar-refractivity contribution is -0.0505. The Morgan fingerprint density at radius 1 is 1.15 bits per heavy atom. The maximum absolute atomic E-state index is 13.2. The SMILES string of the molecule is CN1C(=O)c2cccc(OC(F)F)c2[C@H]2C[C@@H]1c1nn3ccc(C4CCC(O)CC4)cc3c12. The van der Waals surface area contributed by atoms with Crippen molar-refractivity contribution >= 4 is 11.4 Å². The summed E-state index contributed by atoms with van der Waals surface area (Å²) in [5, 5.41) is 14.7. The summed E-state index contributed by atoms with van der Waals surface area (Å²) in [6.45, 7) is -2.97. The van der Waals surface area contributed by atoms with Crippen LogP contribution in [0.15, 0.2) is 36.5 Å². The molecular formula is C25H25F2N3O3. The van der Waals surface area contributed by atoms with E-state index < -0.39 is 6.61 Å². The summed E-state index contributed by atoms with van der Waals surface area (Å²) in [4.78, 5) is 14.9. The van der Waals surface area contributed by atoms with E-state index in [1.165, 1.54) is 11.6 Å². The first-order chi connectivity index (χ1) is 15.9. The average molecular weight is 453 g/mol. The Hall–Kier alpha value is -3.00. The number of hydrogen-bond acceptors (Lipinski definition) is 4. The van der Waals surface area contributed by atoms with E-state index in [-0.39, 0.29) is 29.7 Å². The van der Waals surface area contributed by atoms with Crippen LogP contribution in [0, 0.1) is 0 Å². The first-order valence-corrected chi connectivity index (χ1v) is 11.5. The van der Waals surface area contributed by atoms with Gasteiger partial charge < -0.3 is 14.7 Å². The third-order valence-corrected chi connectivity index (χ3v) is 7.67. The van der Waals surface area contributed by atoms with Gasteiger partial charge >= 0.3 is 6.61 Å². The van der Waals surface area contributed by atoms with Crippen LogP contribution in [-0.2, 0) is 0 Å². The average Bonchev–Trinajstić information content (AvgIpc) is 3.32. The Kier molecular flexibility index (Phi) is 4.69. The predicted molar refractivity (Wildman–Crippen MR) is 117 cm³/mol. The number of nitrogens with zero attached hydrogens (tertiary/aromatic N) is 3. The van der Waals surface area contributed by atoms with Crippen molar-refractivity contribution in [3.63, 3.8) is 0 Å². The van der Waals surface area contributed by atoms with Gasteiger partial charge in [0.2, 0.25) is 0 Å². The number of aliphatic hydroxyl groups excluding tert-OH is 1. The number of carbonyl (C=O) groups is 1. The smallest absolute Gasteiger partial charge is 0.387 e. The number of rotatable bonds is 3. The highest BCUT2D eigenvalue weighted by molar-refractivity contribution is 5.98. The predicted octanol–water partition coefficient (Wildman–Crippen LogP) is 4.62. The summed E-state index contributed by atoms with van der Waals surface area (Å²) < 4.78 is 33.2. The molecule has 0 saturated heterocycles. The topological polar surface area (TPSA) is 67.1 Å². The minimum Gasteiger partial charge on any atom is -0.434 e. The Balaban J connectivity index is 1.52. The number of fused-ring (bicyclic) bond motifs is 9. The molecule has 6 rings (SSSR count). The van der Waals surface area contributed by atoms with Gasteiger partial charge in [-0.15, -0.1) is 0 Å². The highest BCUT2D eigenvalue weighted by atomic mass is 19.3. The molecule has 1 aromatic carbocycles. The van der Waals surface area contributed by atoms with Gasteiger partial charge in [-0.2, -0.15) is 13.9 Å². The number of aromatic nitrogens is 2. The lowest BCUT2D eigenvalue weighted by Crippen LogP contribution is -2.30. The van der Waals surface area contributed by atoms with Gasteiger partial charge in [0.15, 0.2) is 0 Å². The van der Waals surface area contributed by atoms with E-state index >= 15 is 0 Å². The lowest BCUT2D eigenvalue weighted by Gasteiger charge is -2.26. The Bertz CT molecular complexity index is 1250. The van der Waals surface area contributed by atoms with Gasteiger partial charge in [-0.25, -0.2) is 4.52 Å². The van der Waals surface area contributed by atoms with Gasteiger partial charge in [0.05, 0.1) is 23.4 Å². The molecule has 2 aromatic heterocycles. The van der Waals surface area contributed by atoms with Crippen molar-refractivity contribution in [2.24, 2.45) is 0 Å². The molecule has 3 heterocycles. The second-order valence-corrected chi connectivity index (χ2v) is 9.41. The monoisotopic (exact) mass is 453 g/mol. The van der Waals surface area contributed by atoms with Crippen molar-refractivity contribution < 1.29 is 23.4 Å². The molecule has 0 unspecified atom stereocenters. The molecule has 3 aromatic rings. The first kappa shape index (κ1) is 20.6. The summed E-state index contributed by atoms with van der Waals surface area (Å²) in [6, 6.07) is 8.81. The largest absolute Gasteiger partial charge is 0.434 e. The summed E-state index contributed by atoms with van der Waals surface area (Å²) in [7, 11) is 1.75. The number of ether oxygens (including phenoxy) is 1. The first-order valence-electron chi connectivity index (χ1n) is 11.5.